The van der Waals surface area contributed by atoms with Crippen LogP contribution in [0.3, 0.4) is 0 Å². The molecule has 13 heteroatoms. The minimum atomic E-state index is -4.44. The molecule has 3 aromatic rings. The Hall–Kier alpha value is -4.30. The van der Waals surface area contributed by atoms with Crippen molar-refractivity contribution in [3.63, 3.8) is 0 Å². The highest BCUT2D eigenvalue weighted by atomic mass is 19.4. The minimum Gasteiger partial charge on any atom is -0.394 e. The first-order valence-electron chi connectivity index (χ1n) is 15.1. The Balaban J connectivity index is 1.43. The zero-order valence-corrected chi connectivity index (χ0v) is 26.2. The summed E-state index contributed by atoms with van der Waals surface area (Å²) in [5.41, 5.74) is 1.98. The molecule has 0 radical (unpaired) electrons. The van der Waals surface area contributed by atoms with E-state index in [1.807, 2.05) is 11.0 Å². The van der Waals surface area contributed by atoms with Gasteiger partial charge in [0.2, 0.25) is 5.91 Å². The Morgan fingerprint density at radius 2 is 1.96 bits per heavy atom. The number of fused-ring (bicyclic) bond motifs is 1. The van der Waals surface area contributed by atoms with Crippen molar-refractivity contribution in [1.29, 1.82) is 5.26 Å². The second-order valence-electron chi connectivity index (χ2n) is 12.1. The monoisotopic (exact) mass is 639 g/mol. The smallest absolute Gasteiger partial charge is 0.394 e. The Labute approximate surface area is 266 Å². The van der Waals surface area contributed by atoms with Gasteiger partial charge in [-0.25, -0.2) is 0 Å². The largest absolute Gasteiger partial charge is 0.406 e. The number of nitrogens with one attached hydrogen (secondary N) is 2. The van der Waals surface area contributed by atoms with Crippen molar-refractivity contribution in [3.05, 3.63) is 54.0 Å². The van der Waals surface area contributed by atoms with E-state index in [0.717, 1.165) is 18.5 Å². The molecule has 1 aromatic carbocycles. The number of carbonyl (C=O) groups is 1. The number of likely N-dealkylation sites (N-methyl/N-ethyl adjacent to an activating group) is 1. The van der Waals surface area contributed by atoms with Gasteiger partial charge in [-0.2, -0.15) is 18.4 Å². The van der Waals surface area contributed by atoms with Gasteiger partial charge >= 0.3 is 6.18 Å². The summed E-state index contributed by atoms with van der Waals surface area (Å²) in [7, 11) is 1.59. The lowest BCUT2D eigenvalue weighted by Gasteiger charge is -2.33. The number of rotatable bonds is 11. The van der Waals surface area contributed by atoms with E-state index in [2.05, 4.69) is 33.5 Å². The number of nitrogens with zero attached hydrogens (tertiary/aromatic N) is 5. The van der Waals surface area contributed by atoms with Crippen LogP contribution in [0.1, 0.15) is 38.1 Å². The maximum Gasteiger partial charge on any atom is 0.406 e. The highest BCUT2D eigenvalue weighted by molar-refractivity contribution is 5.94. The summed E-state index contributed by atoms with van der Waals surface area (Å²) < 4.78 is 42.1. The molecule has 1 saturated heterocycles. The summed E-state index contributed by atoms with van der Waals surface area (Å²) in [6.07, 6.45) is -2.36. The third-order valence-corrected chi connectivity index (χ3v) is 7.99. The van der Waals surface area contributed by atoms with Gasteiger partial charge < -0.3 is 30.3 Å². The Kier molecular flexibility index (Phi) is 11.2. The van der Waals surface area contributed by atoms with E-state index in [9.17, 15) is 28.3 Å². The first-order chi connectivity index (χ1) is 21.8. The van der Waals surface area contributed by atoms with Crippen molar-refractivity contribution >= 4 is 28.2 Å². The van der Waals surface area contributed by atoms with Gasteiger partial charge in [-0.15, -0.1) is 0 Å². The number of benzene rings is 1. The van der Waals surface area contributed by atoms with Gasteiger partial charge in [-0.1, -0.05) is 12.0 Å². The van der Waals surface area contributed by atoms with Crippen molar-refractivity contribution in [1.82, 2.24) is 19.4 Å². The van der Waals surface area contributed by atoms with Gasteiger partial charge in [-0.05, 0) is 62.9 Å². The number of aromatic nitrogens is 2. The average molecular weight is 640 g/mol. The molecule has 10 nitrogen and oxygen atoms in total. The van der Waals surface area contributed by atoms with Crippen LogP contribution in [0.2, 0.25) is 0 Å². The fourth-order valence-corrected chi connectivity index (χ4v) is 5.31. The Bertz CT molecular complexity index is 1600. The van der Waals surface area contributed by atoms with Crippen LogP contribution in [0.25, 0.3) is 10.9 Å². The highest BCUT2D eigenvalue weighted by Crippen LogP contribution is 2.31. The number of hydrogen-bond acceptors (Lipinski definition) is 8. The summed E-state index contributed by atoms with van der Waals surface area (Å²) >= 11 is 0. The van der Waals surface area contributed by atoms with Crippen molar-refractivity contribution in [2.45, 2.75) is 57.0 Å². The normalized spacial score (nSPS) is 15.1. The SMILES string of the molecule is CN(CC(O)CO)C(=O)CN1CCC(Nc2cccc3c2cc(C#CCNc2ccc(C(C)(C)C#N)nc2)n3CC(F)(F)F)CC1. The Morgan fingerprint density at radius 1 is 1.22 bits per heavy atom. The number of aliphatic hydroxyl groups is 2. The van der Waals surface area contributed by atoms with Gasteiger partial charge in [0.05, 0.1) is 66.1 Å². The van der Waals surface area contributed by atoms with Crippen molar-refractivity contribution in [3.8, 4) is 17.9 Å². The fourth-order valence-electron chi connectivity index (χ4n) is 5.31. The maximum absolute atomic E-state index is 13.6. The second-order valence-corrected chi connectivity index (χ2v) is 12.1. The molecule has 1 amide bonds. The van der Waals surface area contributed by atoms with Crippen molar-refractivity contribution < 1.29 is 28.2 Å². The molecule has 1 unspecified atom stereocenters. The van der Waals surface area contributed by atoms with Crippen LogP contribution in [-0.4, -0.2) is 100 Å². The number of anilines is 2. The molecule has 0 aliphatic carbocycles. The van der Waals surface area contributed by atoms with Crippen LogP contribution in [-0.2, 0) is 16.8 Å². The van der Waals surface area contributed by atoms with E-state index in [0.29, 0.717) is 35.4 Å². The number of aliphatic hydroxyl groups excluding tert-OH is 2. The fraction of sp³-hybridized carbons (Fsp3) is 0.485. The number of likely N-dealkylation sites (tertiary alicyclic amines) is 1. The number of carbonyl (C=O) groups excluding carboxylic acids is 1. The zero-order chi connectivity index (χ0) is 33.5. The van der Waals surface area contributed by atoms with E-state index >= 15 is 0 Å². The summed E-state index contributed by atoms with van der Waals surface area (Å²) in [5.74, 6) is 5.68. The highest BCUT2D eigenvalue weighted by Gasteiger charge is 2.30. The summed E-state index contributed by atoms with van der Waals surface area (Å²) in [6, 6.07) is 12.7. The van der Waals surface area contributed by atoms with E-state index in [1.165, 1.54) is 9.47 Å². The molecule has 1 fully saturated rings. The molecule has 246 valence electrons. The van der Waals surface area contributed by atoms with Crippen LogP contribution in [0, 0.1) is 23.2 Å². The topological polar surface area (TPSA) is 130 Å². The van der Waals surface area contributed by atoms with Gasteiger partial charge in [-0.3, -0.25) is 14.7 Å². The number of nitriles is 1. The molecule has 0 spiro atoms. The lowest BCUT2D eigenvalue weighted by Crippen LogP contribution is -2.46. The molecular formula is C33H40F3N7O3. The predicted molar refractivity (Wildman–Crippen MR) is 170 cm³/mol. The number of alkyl halides is 3. The van der Waals surface area contributed by atoms with E-state index in [1.54, 1.807) is 57.4 Å². The first-order valence-corrected chi connectivity index (χ1v) is 15.1. The minimum absolute atomic E-state index is 0.0579. The third kappa shape index (κ3) is 9.13. The quantitative estimate of drug-likeness (QED) is 0.235. The van der Waals surface area contributed by atoms with Crippen molar-refractivity contribution in [2.24, 2.45) is 0 Å². The molecule has 2 aromatic heterocycles. The van der Waals surface area contributed by atoms with Crippen LogP contribution in [0.15, 0.2) is 42.6 Å². The average Bonchev–Trinajstić information content (AvgIpc) is 3.36. The number of pyridine rings is 1. The van der Waals surface area contributed by atoms with Gasteiger partial charge in [0.15, 0.2) is 0 Å². The number of amides is 1. The molecule has 4 rings (SSSR count). The summed E-state index contributed by atoms with van der Waals surface area (Å²) in [6.45, 7) is 3.72. The lowest BCUT2D eigenvalue weighted by molar-refractivity contribution is -0.140. The molecule has 1 aliphatic heterocycles. The maximum atomic E-state index is 13.6. The second kappa shape index (κ2) is 14.9. The first kappa shape index (κ1) is 34.6. The standard InChI is InChI=1S/C33H40F3N7O3/c1-32(2,21-37)30-10-9-24(17-39-30)38-13-5-6-25-16-27-28(7-4-8-29(27)43(25)22-33(34,35)36)40-23-11-14-42(15-12-23)19-31(46)41(3)18-26(45)20-44/h4,7-10,16-17,23,26,38,40,44-45H,11-15,18-20,22H2,1-3H3. The third-order valence-electron chi connectivity index (χ3n) is 7.99. The van der Waals surface area contributed by atoms with E-state index in [-0.39, 0.29) is 37.3 Å². The van der Waals surface area contributed by atoms with Crippen LogP contribution in [0.5, 0.6) is 0 Å². The molecule has 0 saturated carbocycles. The van der Waals surface area contributed by atoms with Gasteiger partial charge in [0.1, 0.15) is 6.54 Å². The van der Waals surface area contributed by atoms with Crippen LogP contribution < -0.4 is 10.6 Å². The molecule has 46 heavy (non-hydrogen) atoms. The lowest BCUT2D eigenvalue weighted by atomic mass is 9.91. The predicted octanol–water partition coefficient (Wildman–Crippen LogP) is 3.55. The zero-order valence-electron chi connectivity index (χ0n) is 26.2. The van der Waals surface area contributed by atoms with Crippen LogP contribution in [0.4, 0.5) is 24.5 Å². The molecule has 4 N–H and O–H groups in total. The molecule has 0 bridgehead atoms. The molecule has 3 heterocycles. The summed E-state index contributed by atoms with van der Waals surface area (Å²) in [5, 5.41) is 35.2. The number of halogens is 3. The van der Waals surface area contributed by atoms with Crippen molar-refractivity contribution in [2.75, 3.05) is 57.0 Å². The van der Waals surface area contributed by atoms with E-state index < -0.39 is 30.8 Å². The van der Waals surface area contributed by atoms with E-state index in [4.69, 9.17) is 5.11 Å². The number of hydrogen-bond donors (Lipinski definition) is 4. The summed E-state index contributed by atoms with van der Waals surface area (Å²) in [4.78, 5) is 20.3. The van der Waals surface area contributed by atoms with Gasteiger partial charge in [0.25, 0.3) is 0 Å². The molecule has 1 atom stereocenters. The molecular weight excluding hydrogens is 599 g/mol. The van der Waals surface area contributed by atoms with Crippen LogP contribution >= 0.6 is 0 Å². The number of piperidine rings is 1. The molecule has 1 aliphatic rings. The van der Waals surface area contributed by atoms with Gasteiger partial charge in [0, 0.05) is 43.8 Å². The Morgan fingerprint density at radius 3 is 2.59 bits per heavy atom.